The van der Waals surface area contributed by atoms with Gasteiger partial charge >= 0.3 is 6.03 Å². The fourth-order valence-electron chi connectivity index (χ4n) is 6.47. The molecule has 7 nitrogen and oxygen atoms in total. The summed E-state index contributed by atoms with van der Waals surface area (Å²) in [4.78, 5) is 14.8. The van der Waals surface area contributed by atoms with Gasteiger partial charge in [-0.15, -0.1) is 0 Å². The molecule has 258 valence electrons. The van der Waals surface area contributed by atoms with E-state index >= 15 is 0 Å². The number of hydrogen-bond donors (Lipinski definition) is 3. The summed E-state index contributed by atoms with van der Waals surface area (Å²) in [6.45, 7) is 6.08. The molecule has 0 radical (unpaired) electrons. The average molecular weight is 670 g/mol. The third-order valence-corrected chi connectivity index (χ3v) is 9.73. The zero-order valence-corrected chi connectivity index (χ0v) is 29.0. The van der Waals surface area contributed by atoms with Crippen LogP contribution in [0.1, 0.15) is 65.7 Å². The van der Waals surface area contributed by atoms with Crippen molar-refractivity contribution < 1.29 is 19.4 Å². The molecule has 5 aromatic rings. The molecular weight excluding hydrogens is 622 g/mol. The van der Waals surface area contributed by atoms with E-state index < -0.39 is 6.29 Å². The van der Waals surface area contributed by atoms with Crippen molar-refractivity contribution in [2.75, 3.05) is 13.6 Å². The summed E-state index contributed by atoms with van der Waals surface area (Å²) in [6, 6.07) is 45.0. The van der Waals surface area contributed by atoms with Gasteiger partial charge in [-0.3, -0.25) is 4.90 Å². The SMILES string of the molecule is C[C@@H]1[C@H](CN(C)[C@@H](C)c2ccccc2)O[C@H](c2ccc(-c3cccc(CNC(=O)NCc4ccccc4)c3)cc2)O[C@@H]1c1ccc(CO)cc1. The van der Waals surface area contributed by atoms with Crippen LogP contribution in [0.5, 0.6) is 0 Å². The molecule has 50 heavy (non-hydrogen) atoms. The number of rotatable bonds is 12. The Labute approximate surface area is 295 Å². The van der Waals surface area contributed by atoms with E-state index in [4.69, 9.17) is 9.47 Å². The van der Waals surface area contributed by atoms with E-state index in [1.165, 1.54) is 5.56 Å². The lowest BCUT2D eigenvalue weighted by molar-refractivity contribution is -0.276. The number of carbonyl (C=O) groups excluding carboxylic acids is 1. The number of aliphatic hydroxyl groups excluding tert-OH is 1. The minimum atomic E-state index is -0.543. The van der Waals surface area contributed by atoms with Gasteiger partial charge in [0.1, 0.15) is 0 Å². The number of urea groups is 1. The molecule has 2 amide bonds. The molecule has 1 saturated heterocycles. The number of aliphatic hydroxyl groups is 1. The Morgan fingerprint density at radius 3 is 2.02 bits per heavy atom. The van der Waals surface area contributed by atoms with Crippen LogP contribution in [-0.4, -0.2) is 35.7 Å². The lowest BCUT2D eigenvalue weighted by Gasteiger charge is -2.43. The highest BCUT2D eigenvalue weighted by Gasteiger charge is 2.39. The standard InChI is InChI=1S/C43H47N3O4/c1-30-40(28-46(3)31(2)35-14-8-5-9-15-35)49-42(50-41(30)37-19-17-33(29-47)18-20-37)38-23-21-36(22-24-38)39-16-10-13-34(25-39)27-45-43(48)44-26-32-11-6-4-7-12-32/h4-25,30-31,40-42,47H,26-29H2,1-3H3,(H2,44,45,48)/t30-,31+,40+,41+,42+/m1/s1. The summed E-state index contributed by atoms with van der Waals surface area (Å²) in [5.74, 6) is 0.0905. The molecule has 1 aliphatic heterocycles. The number of carbonyl (C=O) groups is 1. The molecule has 1 aliphatic rings. The van der Waals surface area contributed by atoms with Crippen LogP contribution in [0.3, 0.4) is 0 Å². The number of nitrogens with one attached hydrogen (secondary N) is 2. The molecule has 5 aromatic carbocycles. The molecule has 5 atom stereocenters. The summed E-state index contributed by atoms with van der Waals surface area (Å²) in [7, 11) is 2.15. The van der Waals surface area contributed by atoms with E-state index in [-0.39, 0.29) is 36.8 Å². The van der Waals surface area contributed by atoms with Crippen LogP contribution in [0.25, 0.3) is 11.1 Å². The molecule has 3 N–H and O–H groups in total. The van der Waals surface area contributed by atoms with Crippen molar-refractivity contribution in [1.29, 1.82) is 0 Å². The van der Waals surface area contributed by atoms with Gasteiger partial charge in [0.05, 0.1) is 18.8 Å². The molecule has 7 heteroatoms. The van der Waals surface area contributed by atoms with E-state index in [2.05, 4.69) is 109 Å². The second-order valence-corrected chi connectivity index (χ2v) is 13.2. The lowest BCUT2D eigenvalue weighted by Crippen LogP contribution is -2.44. The van der Waals surface area contributed by atoms with Gasteiger partial charge in [-0.2, -0.15) is 0 Å². The smallest absolute Gasteiger partial charge is 0.315 e. The van der Waals surface area contributed by atoms with E-state index in [0.717, 1.165) is 45.5 Å². The minimum absolute atomic E-state index is 0.00768. The van der Waals surface area contributed by atoms with Gasteiger partial charge in [0.25, 0.3) is 0 Å². The van der Waals surface area contributed by atoms with Gasteiger partial charge < -0.3 is 25.2 Å². The first-order chi connectivity index (χ1) is 24.4. The van der Waals surface area contributed by atoms with Gasteiger partial charge in [-0.25, -0.2) is 4.79 Å². The van der Waals surface area contributed by atoms with Crippen LogP contribution in [0.4, 0.5) is 4.79 Å². The molecule has 0 aliphatic carbocycles. The summed E-state index contributed by atoms with van der Waals surface area (Å²) in [6.07, 6.45) is -0.806. The van der Waals surface area contributed by atoms with Crippen molar-refractivity contribution in [3.8, 4) is 11.1 Å². The molecule has 0 spiro atoms. The predicted octanol–water partition coefficient (Wildman–Crippen LogP) is 8.33. The highest BCUT2D eigenvalue weighted by molar-refractivity contribution is 5.74. The molecule has 0 unspecified atom stereocenters. The molecule has 0 saturated carbocycles. The van der Waals surface area contributed by atoms with Crippen LogP contribution in [0.15, 0.2) is 133 Å². The summed E-state index contributed by atoms with van der Waals surface area (Å²) in [5.41, 5.74) is 8.37. The second-order valence-electron chi connectivity index (χ2n) is 13.2. The van der Waals surface area contributed by atoms with Crippen LogP contribution in [-0.2, 0) is 29.2 Å². The van der Waals surface area contributed by atoms with Gasteiger partial charge in [0.2, 0.25) is 0 Å². The van der Waals surface area contributed by atoms with Crippen LogP contribution < -0.4 is 10.6 Å². The Morgan fingerprint density at radius 1 is 0.720 bits per heavy atom. The average Bonchev–Trinajstić information content (AvgIpc) is 3.17. The third-order valence-electron chi connectivity index (χ3n) is 9.73. The number of ether oxygens (including phenoxy) is 2. The maximum Gasteiger partial charge on any atom is 0.315 e. The summed E-state index contributed by atoms with van der Waals surface area (Å²) in [5, 5.41) is 15.5. The first-order valence-electron chi connectivity index (χ1n) is 17.4. The highest BCUT2D eigenvalue weighted by Crippen LogP contribution is 2.42. The molecular formula is C43H47N3O4. The molecule has 1 heterocycles. The van der Waals surface area contributed by atoms with Crippen molar-refractivity contribution >= 4 is 6.03 Å². The summed E-state index contributed by atoms with van der Waals surface area (Å²) >= 11 is 0. The fourth-order valence-corrected chi connectivity index (χ4v) is 6.47. The number of hydrogen-bond acceptors (Lipinski definition) is 5. The van der Waals surface area contributed by atoms with Crippen LogP contribution in [0.2, 0.25) is 0 Å². The Morgan fingerprint density at radius 2 is 1.34 bits per heavy atom. The quantitative estimate of drug-likeness (QED) is 0.124. The number of likely N-dealkylation sites (N-methyl/N-ethyl adjacent to an activating group) is 1. The molecule has 0 bridgehead atoms. The van der Waals surface area contributed by atoms with Crippen molar-refractivity contribution in [3.63, 3.8) is 0 Å². The van der Waals surface area contributed by atoms with Gasteiger partial charge in [-0.1, -0.05) is 134 Å². The van der Waals surface area contributed by atoms with Crippen molar-refractivity contribution in [2.24, 2.45) is 5.92 Å². The number of amides is 2. The van der Waals surface area contributed by atoms with Crippen molar-refractivity contribution in [2.45, 2.75) is 58.1 Å². The van der Waals surface area contributed by atoms with Gasteiger partial charge in [0.15, 0.2) is 6.29 Å². The zero-order chi connectivity index (χ0) is 34.9. The minimum Gasteiger partial charge on any atom is -0.392 e. The Hall–Kier alpha value is -4.79. The molecule has 1 fully saturated rings. The number of nitrogens with zero attached hydrogens (tertiary/aromatic N) is 1. The Kier molecular flexibility index (Phi) is 11.7. The zero-order valence-electron chi connectivity index (χ0n) is 29.0. The van der Waals surface area contributed by atoms with E-state index in [0.29, 0.717) is 13.1 Å². The fraction of sp³-hybridized carbons (Fsp3) is 0.279. The third kappa shape index (κ3) is 8.86. The van der Waals surface area contributed by atoms with Crippen LogP contribution >= 0.6 is 0 Å². The highest BCUT2D eigenvalue weighted by atomic mass is 16.7. The molecule has 0 aromatic heterocycles. The van der Waals surface area contributed by atoms with E-state index in [9.17, 15) is 9.90 Å². The largest absolute Gasteiger partial charge is 0.392 e. The topological polar surface area (TPSA) is 83.1 Å². The number of benzene rings is 5. The predicted molar refractivity (Wildman–Crippen MR) is 198 cm³/mol. The normalized spacial score (nSPS) is 19.5. The lowest BCUT2D eigenvalue weighted by atomic mass is 9.89. The van der Waals surface area contributed by atoms with Crippen molar-refractivity contribution in [1.82, 2.24) is 15.5 Å². The Bertz CT molecular complexity index is 1800. The van der Waals surface area contributed by atoms with Gasteiger partial charge in [0, 0.05) is 37.2 Å². The summed E-state index contributed by atoms with van der Waals surface area (Å²) < 4.78 is 13.5. The first-order valence-corrected chi connectivity index (χ1v) is 17.4. The maximum atomic E-state index is 12.4. The first kappa shape index (κ1) is 35.1. The van der Waals surface area contributed by atoms with E-state index in [1.54, 1.807) is 0 Å². The van der Waals surface area contributed by atoms with Gasteiger partial charge in [-0.05, 0) is 59.0 Å². The maximum absolute atomic E-state index is 12.4. The molecule has 6 rings (SSSR count). The monoisotopic (exact) mass is 669 g/mol. The van der Waals surface area contributed by atoms with Crippen LogP contribution in [0, 0.1) is 5.92 Å². The van der Waals surface area contributed by atoms with Crippen molar-refractivity contribution in [3.05, 3.63) is 167 Å². The van der Waals surface area contributed by atoms with E-state index in [1.807, 2.05) is 60.7 Å². The Balaban J connectivity index is 1.15. The second kappa shape index (κ2) is 16.7.